The smallest absolute Gasteiger partial charge is 0.475 e. The van der Waals surface area contributed by atoms with Crippen molar-refractivity contribution in [2.45, 2.75) is 44.1 Å². The zero-order valence-corrected chi connectivity index (χ0v) is 16.4. The number of halogens is 3. The molecule has 1 spiro atoms. The lowest BCUT2D eigenvalue weighted by atomic mass is 9.81. The topological polar surface area (TPSA) is 89.0 Å². The van der Waals surface area contributed by atoms with Crippen molar-refractivity contribution >= 4 is 11.9 Å². The fourth-order valence-electron chi connectivity index (χ4n) is 3.64. The first kappa shape index (κ1) is 22.5. The fourth-order valence-corrected chi connectivity index (χ4v) is 3.64. The first-order valence-corrected chi connectivity index (χ1v) is 9.88. The highest BCUT2D eigenvalue weighted by Crippen LogP contribution is 2.41. The third-order valence-corrected chi connectivity index (χ3v) is 5.61. The highest BCUT2D eigenvalue weighted by Gasteiger charge is 2.54. The van der Waals surface area contributed by atoms with Gasteiger partial charge in [-0.1, -0.05) is 0 Å². The maximum atomic E-state index is 12.2. The van der Waals surface area contributed by atoms with Gasteiger partial charge in [-0.25, -0.2) is 4.79 Å². The SMILES string of the molecule is O=C(CC1CC1)N1CC2(C1)OCCC2COCc1ccncc1.O=C(O)C(F)(F)F. The van der Waals surface area contributed by atoms with E-state index in [0.29, 0.717) is 31.0 Å². The molecule has 10 heteroatoms. The van der Waals surface area contributed by atoms with Crippen molar-refractivity contribution in [2.75, 3.05) is 26.3 Å². The Bertz CT molecular complexity index is 734. The minimum absolute atomic E-state index is 0.141. The third-order valence-electron chi connectivity index (χ3n) is 5.61. The first-order chi connectivity index (χ1) is 14.2. The summed E-state index contributed by atoms with van der Waals surface area (Å²) in [6.07, 6.45) is 2.71. The molecule has 1 aromatic rings. The van der Waals surface area contributed by atoms with Gasteiger partial charge >= 0.3 is 12.1 Å². The lowest BCUT2D eigenvalue weighted by Gasteiger charge is -2.50. The predicted octanol–water partition coefficient (Wildman–Crippen LogP) is 2.65. The second kappa shape index (κ2) is 9.30. The molecule has 3 fully saturated rings. The molecule has 1 amide bonds. The molecule has 1 aromatic heterocycles. The van der Waals surface area contributed by atoms with Crippen molar-refractivity contribution in [1.29, 1.82) is 0 Å². The second-order valence-electron chi connectivity index (χ2n) is 7.97. The van der Waals surface area contributed by atoms with Crippen LogP contribution in [0.2, 0.25) is 0 Å². The molecule has 2 saturated heterocycles. The number of carbonyl (C=O) groups excluding carboxylic acids is 1. The van der Waals surface area contributed by atoms with Crippen LogP contribution in [0.5, 0.6) is 0 Å². The Balaban J connectivity index is 0.000000318. The first-order valence-electron chi connectivity index (χ1n) is 9.88. The summed E-state index contributed by atoms with van der Waals surface area (Å²) in [5.41, 5.74) is 1.00. The third kappa shape index (κ3) is 5.91. The molecular weight excluding hydrogens is 405 g/mol. The summed E-state index contributed by atoms with van der Waals surface area (Å²) in [5.74, 6) is -1.39. The number of aliphatic carboxylic acids is 1. The lowest BCUT2D eigenvalue weighted by molar-refractivity contribution is -0.192. The van der Waals surface area contributed by atoms with Gasteiger partial charge in [0.15, 0.2) is 0 Å². The highest BCUT2D eigenvalue weighted by atomic mass is 19.4. The van der Waals surface area contributed by atoms with E-state index in [4.69, 9.17) is 19.4 Å². The molecule has 1 unspecified atom stereocenters. The molecule has 30 heavy (non-hydrogen) atoms. The minimum atomic E-state index is -5.08. The molecule has 1 atom stereocenters. The van der Waals surface area contributed by atoms with E-state index in [1.54, 1.807) is 12.4 Å². The van der Waals surface area contributed by atoms with Crippen LogP contribution in [-0.2, 0) is 25.7 Å². The number of carboxylic acids is 1. The molecule has 0 bridgehead atoms. The molecule has 1 saturated carbocycles. The molecule has 1 aliphatic carbocycles. The Morgan fingerprint density at radius 3 is 2.43 bits per heavy atom. The van der Waals surface area contributed by atoms with Crippen LogP contribution in [0, 0.1) is 11.8 Å². The van der Waals surface area contributed by atoms with Crippen LogP contribution in [0.4, 0.5) is 13.2 Å². The van der Waals surface area contributed by atoms with Crippen LogP contribution in [0.25, 0.3) is 0 Å². The summed E-state index contributed by atoms with van der Waals surface area (Å²) in [7, 11) is 0. The van der Waals surface area contributed by atoms with Gasteiger partial charge in [-0.15, -0.1) is 0 Å². The molecule has 4 rings (SSSR count). The molecule has 0 radical (unpaired) electrons. The number of aromatic nitrogens is 1. The standard InChI is InChI=1S/C18H24N2O3.C2HF3O2/c21-17(9-14-1-2-14)20-12-18(13-20)16(5-8-23-18)11-22-10-15-3-6-19-7-4-15;3-2(4,5)1(6)7/h3-4,6-7,14,16H,1-2,5,8-13H2;(H,6,7). The van der Waals surface area contributed by atoms with Crippen molar-refractivity contribution in [3.63, 3.8) is 0 Å². The number of rotatable bonds is 6. The number of alkyl halides is 3. The normalized spacial score (nSPS) is 22.2. The number of ether oxygens (including phenoxy) is 2. The van der Waals surface area contributed by atoms with Crippen LogP contribution in [-0.4, -0.2) is 64.9 Å². The van der Waals surface area contributed by atoms with Gasteiger partial charge in [0, 0.05) is 31.3 Å². The van der Waals surface area contributed by atoms with E-state index in [2.05, 4.69) is 4.98 Å². The Hall–Kier alpha value is -2.20. The van der Waals surface area contributed by atoms with Crippen LogP contribution in [0.3, 0.4) is 0 Å². The van der Waals surface area contributed by atoms with E-state index in [0.717, 1.165) is 38.1 Å². The number of pyridine rings is 1. The average molecular weight is 430 g/mol. The molecule has 166 valence electrons. The minimum Gasteiger partial charge on any atom is -0.475 e. The van der Waals surface area contributed by atoms with Gasteiger partial charge in [0.05, 0.1) is 26.3 Å². The van der Waals surface area contributed by atoms with Gasteiger partial charge in [0.1, 0.15) is 5.60 Å². The van der Waals surface area contributed by atoms with Crippen LogP contribution in [0.1, 0.15) is 31.2 Å². The molecule has 3 aliphatic rings. The van der Waals surface area contributed by atoms with Crippen LogP contribution in [0.15, 0.2) is 24.5 Å². The summed E-state index contributed by atoms with van der Waals surface area (Å²) >= 11 is 0. The van der Waals surface area contributed by atoms with Crippen LogP contribution >= 0.6 is 0 Å². The molecule has 3 heterocycles. The second-order valence-corrected chi connectivity index (χ2v) is 7.97. The van der Waals surface area contributed by atoms with Crippen molar-refractivity contribution < 1.29 is 37.3 Å². The largest absolute Gasteiger partial charge is 0.490 e. The summed E-state index contributed by atoms with van der Waals surface area (Å²) in [6, 6.07) is 3.95. The lowest BCUT2D eigenvalue weighted by Crippen LogP contribution is -2.66. The molecule has 2 aliphatic heterocycles. The van der Waals surface area contributed by atoms with Crippen LogP contribution < -0.4 is 0 Å². The van der Waals surface area contributed by atoms with Gasteiger partial charge in [0.25, 0.3) is 0 Å². The average Bonchev–Trinajstić information content (AvgIpc) is 3.37. The van der Waals surface area contributed by atoms with Gasteiger partial charge in [0.2, 0.25) is 5.91 Å². The van der Waals surface area contributed by atoms with E-state index in [-0.39, 0.29) is 5.60 Å². The predicted molar refractivity (Wildman–Crippen MR) is 98.3 cm³/mol. The number of hydrogen-bond acceptors (Lipinski definition) is 5. The monoisotopic (exact) mass is 430 g/mol. The van der Waals surface area contributed by atoms with Crippen molar-refractivity contribution in [3.05, 3.63) is 30.1 Å². The molecule has 0 aromatic carbocycles. The number of carboxylic acid groups (broad SMARTS) is 1. The van der Waals surface area contributed by atoms with E-state index in [9.17, 15) is 18.0 Å². The number of amides is 1. The van der Waals surface area contributed by atoms with E-state index in [1.807, 2.05) is 17.0 Å². The van der Waals surface area contributed by atoms with E-state index in [1.165, 1.54) is 12.8 Å². The van der Waals surface area contributed by atoms with Gasteiger partial charge in [-0.05, 0) is 42.9 Å². The Morgan fingerprint density at radius 1 is 1.23 bits per heavy atom. The van der Waals surface area contributed by atoms with Gasteiger partial charge in [-0.2, -0.15) is 13.2 Å². The Kier molecular flexibility index (Phi) is 6.97. The zero-order chi connectivity index (χ0) is 21.8. The fraction of sp³-hybridized carbons (Fsp3) is 0.650. The maximum absolute atomic E-state index is 12.2. The van der Waals surface area contributed by atoms with Crippen molar-refractivity contribution in [2.24, 2.45) is 11.8 Å². The number of carbonyl (C=O) groups is 2. The summed E-state index contributed by atoms with van der Waals surface area (Å²) in [5, 5.41) is 7.12. The number of hydrogen-bond donors (Lipinski definition) is 1. The zero-order valence-electron chi connectivity index (χ0n) is 16.4. The van der Waals surface area contributed by atoms with Gasteiger partial charge < -0.3 is 19.5 Å². The summed E-state index contributed by atoms with van der Waals surface area (Å²) in [6.45, 7) is 3.60. The van der Waals surface area contributed by atoms with E-state index < -0.39 is 12.1 Å². The number of nitrogens with zero attached hydrogens (tertiary/aromatic N) is 2. The summed E-state index contributed by atoms with van der Waals surface area (Å²) in [4.78, 5) is 27.0. The Morgan fingerprint density at radius 2 is 1.87 bits per heavy atom. The molecule has 1 N–H and O–H groups in total. The quantitative estimate of drug-likeness (QED) is 0.747. The Labute approximate surface area is 172 Å². The number of likely N-dealkylation sites (tertiary alicyclic amines) is 1. The summed E-state index contributed by atoms with van der Waals surface area (Å²) < 4.78 is 43.6. The highest BCUT2D eigenvalue weighted by molar-refractivity contribution is 5.78. The molecule has 7 nitrogen and oxygen atoms in total. The van der Waals surface area contributed by atoms with Gasteiger partial charge in [-0.3, -0.25) is 9.78 Å². The molecular formula is C20H25F3N2O5. The van der Waals surface area contributed by atoms with Crippen molar-refractivity contribution in [1.82, 2.24) is 9.88 Å². The van der Waals surface area contributed by atoms with Crippen molar-refractivity contribution in [3.8, 4) is 0 Å². The van der Waals surface area contributed by atoms with E-state index >= 15 is 0 Å². The maximum Gasteiger partial charge on any atom is 0.490 e.